The molecule has 6 aromatic rings. The molecule has 0 aliphatic heterocycles. The number of nitrogens with zero attached hydrogens (tertiary/aromatic N) is 2. The van der Waals surface area contributed by atoms with E-state index in [-0.39, 0.29) is 0 Å². The minimum atomic E-state index is 0.554. The van der Waals surface area contributed by atoms with Crippen molar-refractivity contribution in [2.45, 2.75) is 13.8 Å². The maximum absolute atomic E-state index is 6.22. The molecular weight excluding hydrogens is 360 g/mol. The topological polar surface area (TPSA) is 44.1 Å². The van der Waals surface area contributed by atoms with Crippen LogP contribution in [-0.4, -0.2) is 9.55 Å². The number of aryl methyl sites for hydroxylation is 2. The lowest BCUT2D eigenvalue weighted by Crippen LogP contribution is -2.01. The van der Waals surface area contributed by atoms with Gasteiger partial charge in [-0.3, -0.25) is 4.57 Å². The monoisotopic (exact) mass is 378 g/mol. The van der Waals surface area contributed by atoms with E-state index in [9.17, 15) is 0 Å². The van der Waals surface area contributed by atoms with Gasteiger partial charge in [-0.1, -0.05) is 48.5 Å². The molecule has 3 aromatic carbocycles. The third-order valence-electron chi connectivity index (χ3n) is 5.60. The summed E-state index contributed by atoms with van der Waals surface area (Å²) in [5, 5.41) is 3.12. The summed E-state index contributed by atoms with van der Waals surface area (Å²) in [5.41, 5.74) is 6.14. The third kappa shape index (κ3) is 2.23. The van der Waals surface area contributed by atoms with E-state index in [1.807, 2.05) is 30.6 Å². The number of furan rings is 2. The Hall–Kier alpha value is -3.79. The summed E-state index contributed by atoms with van der Waals surface area (Å²) < 4.78 is 14.3. The molecule has 0 unspecified atom stereocenters. The Morgan fingerprint density at radius 2 is 1.55 bits per heavy atom. The summed E-state index contributed by atoms with van der Waals surface area (Å²) in [7, 11) is 0. The highest BCUT2D eigenvalue weighted by Crippen LogP contribution is 2.40. The Kier molecular flexibility index (Phi) is 3.27. The molecule has 0 atom stereocenters. The number of rotatable bonds is 2. The number of benzene rings is 3. The fourth-order valence-electron chi connectivity index (χ4n) is 4.33. The third-order valence-corrected chi connectivity index (χ3v) is 5.60. The van der Waals surface area contributed by atoms with Gasteiger partial charge in [0.15, 0.2) is 0 Å². The van der Waals surface area contributed by atoms with Crippen molar-refractivity contribution in [3.63, 3.8) is 0 Å². The molecule has 0 amide bonds. The van der Waals surface area contributed by atoms with E-state index >= 15 is 0 Å². The van der Waals surface area contributed by atoms with Crippen molar-refractivity contribution in [1.82, 2.24) is 9.55 Å². The van der Waals surface area contributed by atoms with Gasteiger partial charge in [0.05, 0.1) is 16.6 Å². The summed E-state index contributed by atoms with van der Waals surface area (Å²) >= 11 is 0. The Morgan fingerprint density at radius 1 is 0.793 bits per heavy atom. The molecule has 0 saturated heterocycles. The quantitative estimate of drug-likeness (QED) is 0.333. The predicted molar refractivity (Wildman–Crippen MR) is 116 cm³/mol. The second-order valence-electron chi connectivity index (χ2n) is 7.41. The van der Waals surface area contributed by atoms with Crippen molar-refractivity contribution in [3.05, 3.63) is 84.2 Å². The van der Waals surface area contributed by atoms with Gasteiger partial charge in [0.25, 0.3) is 5.78 Å². The molecule has 0 saturated carbocycles. The summed E-state index contributed by atoms with van der Waals surface area (Å²) in [6, 6.07) is 20.5. The van der Waals surface area contributed by atoms with E-state index in [1.165, 1.54) is 11.1 Å². The molecule has 140 valence electrons. The van der Waals surface area contributed by atoms with Crippen LogP contribution in [0.2, 0.25) is 0 Å². The molecule has 29 heavy (non-hydrogen) atoms. The van der Waals surface area contributed by atoms with Crippen LogP contribution in [0.5, 0.6) is 0 Å². The molecule has 0 N–H and O–H groups in total. The Morgan fingerprint density at radius 3 is 2.41 bits per heavy atom. The van der Waals surface area contributed by atoms with E-state index < -0.39 is 0 Å². The lowest BCUT2D eigenvalue weighted by atomic mass is 10.1. The van der Waals surface area contributed by atoms with Crippen LogP contribution < -0.4 is 0 Å². The van der Waals surface area contributed by atoms with Gasteiger partial charge in [-0.25, -0.2) is 4.98 Å². The summed E-state index contributed by atoms with van der Waals surface area (Å²) in [6.45, 7) is 4.25. The van der Waals surface area contributed by atoms with Crippen LogP contribution >= 0.6 is 0 Å². The van der Waals surface area contributed by atoms with Gasteiger partial charge in [0, 0.05) is 23.2 Å². The zero-order valence-corrected chi connectivity index (χ0v) is 16.1. The highest BCUT2D eigenvalue weighted by atomic mass is 16.5. The fraction of sp³-hybridized carbons (Fsp3) is 0.0800. The van der Waals surface area contributed by atoms with Crippen LogP contribution in [0.25, 0.3) is 50.2 Å². The van der Waals surface area contributed by atoms with Crippen LogP contribution in [0.4, 0.5) is 0 Å². The van der Waals surface area contributed by atoms with Gasteiger partial charge in [0.1, 0.15) is 17.0 Å². The molecule has 4 heteroatoms. The van der Waals surface area contributed by atoms with Crippen molar-refractivity contribution in [2.75, 3.05) is 0 Å². The first-order chi connectivity index (χ1) is 14.2. The van der Waals surface area contributed by atoms with Crippen molar-refractivity contribution in [2.24, 2.45) is 0 Å². The molecule has 6 rings (SSSR count). The summed E-state index contributed by atoms with van der Waals surface area (Å²) in [6.07, 6.45) is 3.84. The minimum absolute atomic E-state index is 0.554. The van der Waals surface area contributed by atoms with Gasteiger partial charge in [0.2, 0.25) is 0 Å². The first-order valence-corrected chi connectivity index (χ1v) is 9.65. The van der Waals surface area contributed by atoms with Crippen LogP contribution in [-0.2, 0) is 0 Å². The first-order valence-electron chi connectivity index (χ1n) is 9.65. The molecule has 0 spiro atoms. The lowest BCUT2D eigenvalue weighted by molar-refractivity contribution is 0.525. The number of para-hydroxylation sites is 3. The van der Waals surface area contributed by atoms with Crippen LogP contribution in [0.3, 0.4) is 0 Å². The van der Waals surface area contributed by atoms with E-state index in [4.69, 9.17) is 8.83 Å². The smallest absolute Gasteiger partial charge is 0.299 e. The van der Waals surface area contributed by atoms with Gasteiger partial charge < -0.3 is 8.83 Å². The molecule has 0 bridgehead atoms. The largest absolute Gasteiger partial charge is 0.425 e. The fourth-order valence-corrected chi connectivity index (χ4v) is 4.33. The second kappa shape index (κ2) is 5.85. The van der Waals surface area contributed by atoms with Crippen LogP contribution in [0.15, 0.2) is 81.9 Å². The SMILES string of the molecule is Cc1cccc(C)c1-n1ccnc1-c1cccc2c1oc1oc3ccccc3c12. The second-order valence-corrected chi connectivity index (χ2v) is 7.41. The maximum atomic E-state index is 6.22. The van der Waals surface area contributed by atoms with Crippen molar-refractivity contribution in [3.8, 4) is 17.1 Å². The number of hydrogen-bond donors (Lipinski definition) is 0. The number of imidazole rings is 1. The highest BCUT2D eigenvalue weighted by molar-refractivity contribution is 6.19. The van der Waals surface area contributed by atoms with E-state index in [1.54, 1.807) is 0 Å². The molecule has 3 aromatic heterocycles. The number of fused-ring (bicyclic) bond motifs is 5. The summed E-state index contributed by atoms with van der Waals surface area (Å²) in [4.78, 5) is 4.68. The summed E-state index contributed by atoms with van der Waals surface area (Å²) in [5.74, 6) is 1.41. The van der Waals surface area contributed by atoms with E-state index in [2.05, 4.69) is 65.9 Å². The lowest BCUT2D eigenvalue weighted by Gasteiger charge is -2.14. The molecule has 0 aliphatic rings. The van der Waals surface area contributed by atoms with Gasteiger partial charge in [-0.15, -0.1) is 0 Å². The Bertz CT molecular complexity index is 1510. The van der Waals surface area contributed by atoms with Crippen molar-refractivity contribution < 1.29 is 8.83 Å². The van der Waals surface area contributed by atoms with Crippen molar-refractivity contribution in [1.29, 1.82) is 0 Å². The van der Waals surface area contributed by atoms with E-state index in [0.717, 1.165) is 44.4 Å². The number of hydrogen-bond acceptors (Lipinski definition) is 3. The Balaban J connectivity index is 1.66. The maximum Gasteiger partial charge on any atom is 0.299 e. The minimum Gasteiger partial charge on any atom is -0.425 e. The van der Waals surface area contributed by atoms with Gasteiger partial charge >= 0.3 is 0 Å². The molecule has 0 aliphatic carbocycles. The Labute approximate surface area is 167 Å². The standard InChI is InChI=1S/C25H18N2O2/c1-15-7-5-8-16(2)22(15)27-14-13-26-24(27)19-11-6-10-18-21-17-9-3-4-12-20(17)28-25(21)29-23(18)19/h3-14H,1-2H3. The number of aromatic nitrogens is 2. The predicted octanol–water partition coefficient (Wildman–Crippen LogP) is 6.80. The van der Waals surface area contributed by atoms with E-state index in [0.29, 0.717) is 5.78 Å². The zero-order valence-electron chi connectivity index (χ0n) is 16.1. The molecule has 4 nitrogen and oxygen atoms in total. The molecular formula is C25H18N2O2. The zero-order chi connectivity index (χ0) is 19.5. The molecule has 0 fully saturated rings. The van der Waals surface area contributed by atoms with Crippen LogP contribution in [0.1, 0.15) is 11.1 Å². The van der Waals surface area contributed by atoms with Gasteiger partial charge in [-0.05, 0) is 37.1 Å². The van der Waals surface area contributed by atoms with Crippen molar-refractivity contribution >= 4 is 33.1 Å². The highest BCUT2D eigenvalue weighted by Gasteiger charge is 2.20. The van der Waals surface area contributed by atoms with Gasteiger partial charge in [-0.2, -0.15) is 0 Å². The normalized spacial score (nSPS) is 11.8. The molecule has 0 radical (unpaired) electrons. The average Bonchev–Trinajstić information content (AvgIpc) is 3.41. The van der Waals surface area contributed by atoms with Crippen LogP contribution in [0, 0.1) is 13.8 Å². The molecule has 3 heterocycles. The average molecular weight is 378 g/mol. The first kappa shape index (κ1) is 16.2.